The smallest absolute Gasteiger partial charge is 0.116 e. The molecule has 1 aromatic carbocycles. The highest BCUT2D eigenvalue weighted by Gasteiger charge is 2.19. The Morgan fingerprint density at radius 2 is 1.65 bits per heavy atom. The highest BCUT2D eigenvalue weighted by molar-refractivity contribution is 6.00. The van der Waals surface area contributed by atoms with Gasteiger partial charge in [0.2, 0.25) is 0 Å². The Hall–Kier alpha value is -3.78. The number of benzene rings is 1. The summed E-state index contributed by atoms with van der Waals surface area (Å²) in [6, 6.07) is 8.44. The third-order valence-electron chi connectivity index (χ3n) is 6.08. The van der Waals surface area contributed by atoms with Gasteiger partial charge in [-0.3, -0.25) is 10.1 Å². The predicted molar refractivity (Wildman–Crippen MR) is 122 cm³/mol. The minimum Gasteiger partial charge on any atom is -0.367 e. The molecule has 8 heteroatoms. The molecule has 0 unspecified atom stereocenters. The summed E-state index contributed by atoms with van der Waals surface area (Å²) in [6.07, 6.45) is 9.05. The average molecular weight is 410 g/mol. The number of H-pyrrole nitrogens is 2. The summed E-state index contributed by atoms with van der Waals surface area (Å²) in [4.78, 5) is 21.1. The average Bonchev–Trinajstić information content (AvgIpc) is 3.43. The molecule has 0 atom stereocenters. The maximum Gasteiger partial charge on any atom is 0.116 e. The summed E-state index contributed by atoms with van der Waals surface area (Å²) < 4.78 is 0. The van der Waals surface area contributed by atoms with Crippen molar-refractivity contribution < 1.29 is 0 Å². The maximum atomic E-state index is 4.62. The van der Waals surface area contributed by atoms with Gasteiger partial charge < -0.3 is 14.8 Å². The van der Waals surface area contributed by atoms with Crippen LogP contribution in [0, 0.1) is 0 Å². The number of hydrogen-bond acceptors (Lipinski definition) is 6. The molecule has 0 bridgehead atoms. The quantitative estimate of drug-likeness (QED) is 0.474. The Balaban J connectivity index is 1.44. The number of piperazine rings is 1. The third-order valence-corrected chi connectivity index (χ3v) is 6.08. The van der Waals surface area contributed by atoms with Crippen LogP contribution in [0.2, 0.25) is 0 Å². The van der Waals surface area contributed by atoms with Crippen LogP contribution in [0.25, 0.3) is 44.3 Å². The van der Waals surface area contributed by atoms with Crippen LogP contribution in [0.3, 0.4) is 0 Å². The summed E-state index contributed by atoms with van der Waals surface area (Å²) in [7, 11) is 2.17. The summed E-state index contributed by atoms with van der Waals surface area (Å²) in [5.74, 6) is 0. The first kappa shape index (κ1) is 18.0. The standard InChI is InChI=1S/C23H22N8/c1-30-4-6-31(7-5-30)22-13-24-12-21-17(22)9-20(27-21)23-18-8-15(2-3-19(18)28-29-23)16-10-25-14-26-11-16/h2-3,8-14,27H,4-7H2,1H3,(H,28,29). The van der Waals surface area contributed by atoms with E-state index in [1.165, 1.54) is 11.1 Å². The number of anilines is 1. The highest BCUT2D eigenvalue weighted by atomic mass is 15.3. The molecule has 1 fully saturated rings. The van der Waals surface area contributed by atoms with Crippen LogP contribution >= 0.6 is 0 Å². The van der Waals surface area contributed by atoms with E-state index in [9.17, 15) is 0 Å². The number of rotatable bonds is 3. The normalized spacial score (nSPS) is 15.2. The second-order valence-corrected chi connectivity index (χ2v) is 8.05. The van der Waals surface area contributed by atoms with Crippen molar-refractivity contribution in [3.05, 3.63) is 55.4 Å². The molecule has 4 aromatic heterocycles. The van der Waals surface area contributed by atoms with E-state index in [2.05, 4.69) is 65.2 Å². The van der Waals surface area contributed by atoms with E-state index in [0.717, 1.165) is 65.1 Å². The van der Waals surface area contributed by atoms with E-state index >= 15 is 0 Å². The Bertz CT molecular complexity index is 1360. The van der Waals surface area contributed by atoms with E-state index in [4.69, 9.17) is 0 Å². The minimum absolute atomic E-state index is 0.897. The van der Waals surface area contributed by atoms with Gasteiger partial charge in [-0.1, -0.05) is 6.07 Å². The molecule has 1 saturated heterocycles. The molecule has 5 aromatic rings. The van der Waals surface area contributed by atoms with E-state index in [-0.39, 0.29) is 0 Å². The van der Waals surface area contributed by atoms with E-state index < -0.39 is 0 Å². The van der Waals surface area contributed by atoms with Crippen LogP contribution < -0.4 is 4.90 Å². The van der Waals surface area contributed by atoms with E-state index in [1.54, 1.807) is 6.33 Å². The van der Waals surface area contributed by atoms with Gasteiger partial charge in [0.25, 0.3) is 0 Å². The topological polar surface area (TPSA) is 89.6 Å². The van der Waals surface area contributed by atoms with Crippen molar-refractivity contribution in [3.8, 4) is 22.5 Å². The molecule has 0 spiro atoms. The Labute approximate surface area is 179 Å². The van der Waals surface area contributed by atoms with E-state index in [1.807, 2.05) is 30.9 Å². The molecule has 5 heterocycles. The van der Waals surface area contributed by atoms with Gasteiger partial charge in [-0.2, -0.15) is 5.10 Å². The number of aromatic amines is 2. The number of aromatic nitrogens is 6. The lowest BCUT2D eigenvalue weighted by atomic mass is 10.0. The van der Waals surface area contributed by atoms with Gasteiger partial charge in [-0.15, -0.1) is 0 Å². The number of nitrogens with zero attached hydrogens (tertiary/aromatic N) is 6. The van der Waals surface area contributed by atoms with Crippen LogP contribution in [0.4, 0.5) is 5.69 Å². The SMILES string of the molecule is CN1CCN(c2cncc3[nH]c(-c4n[nH]c5ccc(-c6cncnc6)cc45)cc23)CC1. The monoisotopic (exact) mass is 410 g/mol. The molecule has 0 saturated carbocycles. The molecule has 0 aliphatic carbocycles. The van der Waals surface area contributed by atoms with Crippen LogP contribution in [-0.4, -0.2) is 68.3 Å². The number of likely N-dealkylation sites (N-methyl/N-ethyl adjacent to an activating group) is 1. The zero-order chi connectivity index (χ0) is 20.8. The van der Waals surface area contributed by atoms with Crippen LogP contribution in [0.1, 0.15) is 0 Å². The number of nitrogens with one attached hydrogen (secondary N) is 2. The molecule has 6 rings (SSSR count). The molecule has 154 valence electrons. The fraction of sp³-hybridized carbons (Fsp3) is 0.217. The second-order valence-electron chi connectivity index (χ2n) is 8.05. The lowest BCUT2D eigenvalue weighted by Crippen LogP contribution is -2.44. The van der Waals surface area contributed by atoms with Crippen molar-refractivity contribution in [1.29, 1.82) is 0 Å². The fourth-order valence-electron chi connectivity index (χ4n) is 4.31. The molecule has 8 nitrogen and oxygen atoms in total. The van der Waals surface area contributed by atoms with Crippen molar-refractivity contribution >= 4 is 27.5 Å². The first-order chi connectivity index (χ1) is 15.3. The first-order valence-corrected chi connectivity index (χ1v) is 10.4. The Morgan fingerprint density at radius 1 is 0.806 bits per heavy atom. The van der Waals surface area contributed by atoms with Gasteiger partial charge in [0.1, 0.15) is 12.0 Å². The number of pyridine rings is 1. The molecule has 0 radical (unpaired) electrons. The van der Waals surface area contributed by atoms with Crippen molar-refractivity contribution in [1.82, 2.24) is 35.0 Å². The van der Waals surface area contributed by atoms with E-state index in [0.29, 0.717) is 0 Å². The Morgan fingerprint density at radius 3 is 2.48 bits per heavy atom. The summed E-state index contributed by atoms with van der Waals surface area (Å²) in [6.45, 7) is 4.13. The van der Waals surface area contributed by atoms with Gasteiger partial charge in [-0.05, 0) is 30.8 Å². The molecular formula is C23H22N8. The van der Waals surface area contributed by atoms with Gasteiger partial charge in [0, 0.05) is 54.9 Å². The summed E-state index contributed by atoms with van der Waals surface area (Å²) in [5.41, 5.74) is 7.11. The van der Waals surface area contributed by atoms with Crippen molar-refractivity contribution in [2.45, 2.75) is 0 Å². The van der Waals surface area contributed by atoms with Crippen molar-refractivity contribution in [2.24, 2.45) is 0 Å². The maximum absolute atomic E-state index is 4.62. The molecule has 31 heavy (non-hydrogen) atoms. The minimum atomic E-state index is 0.897. The number of hydrogen-bond donors (Lipinski definition) is 2. The largest absolute Gasteiger partial charge is 0.367 e. The lowest BCUT2D eigenvalue weighted by Gasteiger charge is -2.34. The van der Waals surface area contributed by atoms with Crippen LogP contribution in [0.15, 0.2) is 55.4 Å². The summed E-state index contributed by atoms with van der Waals surface area (Å²) in [5, 5.41) is 10.0. The molecule has 0 amide bonds. The van der Waals surface area contributed by atoms with Crippen molar-refractivity contribution in [3.63, 3.8) is 0 Å². The third kappa shape index (κ3) is 3.12. The fourth-order valence-corrected chi connectivity index (χ4v) is 4.31. The second kappa shape index (κ2) is 7.17. The molecule has 2 N–H and O–H groups in total. The van der Waals surface area contributed by atoms with Crippen LogP contribution in [-0.2, 0) is 0 Å². The predicted octanol–water partition coefficient (Wildman–Crippen LogP) is 3.32. The zero-order valence-corrected chi connectivity index (χ0v) is 17.2. The van der Waals surface area contributed by atoms with Gasteiger partial charge in [0.15, 0.2) is 0 Å². The number of fused-ring (bicyclic) bond motifs is 2. The van der Waals surface area contributed by atoms with Gasteiger partial charge in [0.05, 0.1) is 34.8 Å². The zero-order valence-electron chi connectivity index (χ0n) is 17.2. The molecular weight excluding hydrogens is 388 g/mol. The molecule has 1 aliphatic heterocycles. The highest BCUT2D eigenvalue weighted by Crippen LogP contribution is 2.34. The van der Waals surface area contributed by atoms with Crippen molar-refractivity contribution in [2.75, 3.05) is 38.1 Å². The molecule has 1 aliphatic rings. The Kier molecular flexibility index (Phi) is 4.17. The van der Waals surface area contributed by atoms with Gasteiger partial charge >= 0.3 is 0 Å². The van der Waals surface area contributed by atoms with Gasteiger partial charge in [-0.25, -0.2) is 9.97 Å². The lowest BCUT2D eigenvalue weighted by molar-refractivity contribution is 0.313. The summed E-state index contributed by atoms with van der Waals surface area (Å²) >= 11 is 0. The van der Waals surface area contributed by atoms with Crippen LogP contribution in [0.5, 0.6) is 0 Å². The first-order valence-electron chi connectivity index (χ1n) is 10.4.